The van der Waals surface area contributed by atoms with Crippen molar-refractivity contribution in [1.82, 2.24) is 10.6 Å². The maximum Gasteiger partial charge on any atom is 0.253 e. The second-order valence-corrected chi connectivity index (χ2v) is 6.34. The number of rotatable bonds is 8. The third kappa shape index (κ3) is 7.63. The van der Waals surface area contributed by atoms with Gasteiger partial charge in [0, 0.05) is 18.1 Å². The molecule has 1 rings (SSSR count). The first kappa shape index (κ1) is 22.3. The maximum atomic E-state index is 12.3. The largest absolute Gasteiger partial charge is 0.353 e. The Labute approximate surface area is 156 Å². The van der Waals surface area contributed by atoms with Crippen molar-refractivity contribution in [3.63, 3.8) is 0 Å². The van der Waals surface area contributed by atoms with Crippen molar-refractivity contribution in [2.45, 2.75) is 12.5 Å². The molecule has 1 atom stereocenters. The minimum atomic E-state index is -0.627. The van der Waals surface area contributed by atoms with Crippen LogP contribution in [-0.4, -0.2) is 43.0 Å². The van der Waals surface area contributed by atoms with Crippen molar-refractivity contribution in [2.75, 3.05) is 25.1 Å². The molecule has 0 aliphatic rings. The first-order chi connectivity index (χ1) is 10.5. The summed E-state index contributed by atoms with van der Waals surface area (Å²) in [6, 6.07) is 3.97. The minimum absolute atomic E-state index is 0. The number of nitrogens with one attached hydrogen (secondary N) is 2. The van der Waals surface area contributed by atoms with Gasteiger partial charge in [-0.25, -0.2) is 0 Å². The topological polar surface area (TPSA) is 84.2 Å². The van der Waals surface area contributed by atoms with E-state index in [-0.39, 0.29) is 28.9 Å². The van der Waals surface area contributed by atoms with Crippen LogP contribution in [0.2, 0.25) is 10.0 Å². The summed E-state index contributed by atoms with van der Waals surface area (Å²) in [4.78, 5) is 24.3. The SMILES string of the molecule is CSCCC(NC(=O)c1ccc(Cl)cc1Cl)C(=O)NCCN.Cl. The standard InChI is InChI=1S/C14H19Cl2N3O2S.ClH/c1-22-7-4-12(14(21)18-6-5-17)19-13(20)10-3-2-9(15)8-11(10)16;/h2-3,8,12H,4-7,17H2,1H3,(H,18,21)(H,19,20);1H. The number of amides is 2. The van der Waals surface area contributed by atoms with Gasteiger partial charge in [-0.2, -0.15) is 11.8 Å². The fraction of sp³-hybridized carbons (Fsp3) is 0.429. The average molecular weight is 401 g/mol. The zero-order valence-corrected chi connectivity index (χ0v) is 15.7. The van der Waals surface area contributed by atoms with Crippen molar-refractivity contribution in [3.05, 3.63) is 33.8 Å². The summed E-state index contributed by atoms with van der Waals surface area (Å²) in [6.07, 6.45) is 2.46. The number of carbonyl (C=O) groups excluding carboxylic acids is 2. The summed E-state index contributed by atoms with van der Waals surface area (Å²) >= 11 is 13.4. The van der Waals surface area contributed by atoms with Crippen LogP contribution in [0.25, 0.3) is 0 Å². The van der Waals surface area contributed by atoms with Crippen LogP contribution in [0.15, 0.2) is 18.2 Å². The molecule has 0 radical (unpaired) electrons. The highest BCUT2D eigenvalue weighted by molar-refractivity contribution is 7.98. The third-order valence-electron chi connectivity index (χ3n) is 2.85. The summed E-state index contributed by atoms with van der Waals surface area (Å²) in [7, 11) is 0. The van der Waals surface area contributed by atoms with Gasteiger partial charge in [0.1, 0.15) is 6.04 Å². The van der Waals surface area contributed by atoms with Gasteiger partial charge in [-0.05, 0) is 36.6 Å². The summed E-state index contributed by atoms with van der Waals surface area (Å²) in [5.41, 5.74) is 5.65. The lowest BCUT2D eigenvalue weighted by Gasteiger charge is -2.18. The molecular formula is C14H20Cl3N3O2S. The lowest BCUT2D eigenvalue weighted by atomic mass is 10.1. The van der Waals surface area contributed by atoms with E-state index in [1.807, 2.05) is 6.26 Å². The van der Waals surface area contributed by atoms with Crippen LogP contribution in [-0.2, 0) is 4.79 Å². The van der Waals surface area contributed by atoms with Crippen LogP contribution in [0, 0.1) is 0 Å². The van der Waals surface area contributed by atoms with Crippen molar-refractivity contribution in [3.8, 4) is 0 Å². The number of hydrogen-bond donors (Lipinski definition) is 3. The number of thioether (sulfide) groups is 1. The molecule has 0 aliphatic heterocycles. The van der Waals surface area contributed by atoms with Gasteiger partial charge in [-0.15, -0.1) is 12.4 Å². The molecule has 23 heavy (non-hydrogen) atoms. The Kier molecular flexibility index (Phi) is 11.5. The smallest absolute Gasteiger partial charge is 0.253 e. The van der Waals surface area contributed by atoms with Gasteiger partial charge in [0.15, 0.2) is 0 Å². The molecule has 0 bridgehead atoms. The predicted molar refractivity (Wildman–Crippen MR) is 100 cm³/mol. The van der Waals surface area contributed by atoms with Crippen molar-refractivity contribution in [1.29, 1.82) is 0 Å². The zero-order valence-electron chi connectivity index (χ0n) is 12.6. The van der Waals surface area contributed by atoms with Crippen molar-refractivity contribution < 1.29 is 9.59 Å². The fourth-order valence-electron chi connectivity index (χ4n) is 1.73. The number of nitrogens with two attached hydrogens (primary N) is 1. The highest BCUT2D eigenvalue weighted by Gasteiger charge is 2.21. The maximum absolute atomic E-state index is 12.3. The molecule has 1 unspecified atom stereocenters. The molecule has 0 spiro atoms. The number of benzene rings is 1. The van der Waals surface area contributed by atoms with Gasteiger partial charge in [-0.1, -0.05) is 23.2 Å². The second kappa shape index (κ2) is 11.8. The van der Waals surface area contributed by atoms with Crippen LogP contribution in [0.4, 0.5) is 0 Å². The molecule has 2 amide bonds. The summed E-state index contributed by atoms with van der Waals surface area (Å²) in [5.74, 6) is 0.0867. The van der Waals surface area contributed by atoms with Crippen LogP contribution in [0.1, 0.15) is 16.8 Å². The molecule has 9 heteroatoms. The molecule has 0 heterocycles. The number of carbonyl (C=O) groups is 2. The van der Waals surface area contributed by atoms with Gasteiger partial charge in [-0.3, -0.25) is 9.59 Å². The van der Waals surface area contributed by atoms with E-state index in [4.69, 9.17) is 28.9 Å². The molecule has 0 saturated heterocycles. The van der Waals surface area contributed by atoms with Crippen molar-refractivity contribution >= 4 is 59.2 Å². The number of hydrogen-bond acceptors (Lipinski definition) is 4. The lowest BCUT2D eigenvalue weighted by Crippen LogP contribution is -2.48. The van der Waals surface area contributed by atoms with E-state index in [0.29, 0.717) is 24.5 Å². The average Bonchev–Trinajstić information content (AvgIpc) is 2.48. The van der Waals surface area contributed by atoms with Crippen LogP contribution < -0.4 is 16.4 Å². The minimum Gasteiger partial charge on any atom is -0.353 e. The fourth-order valence-corrected chi connectivity index (χ4v) is 2.70. The Morgan fingerprint density at radius 2 is 2.04 bits per heavy atom. The Bertz CT molecular complexity index is 532. The molecule has 0 aromatic heterocycles. The van der Waals surface area contributed by atoms with E-state index in [1.54, 1.807) is 17.8 Å². The van der Waals surface area contributed by atoms with E-state index in [0.717, 1.165) is 5.75 Å². The molecule has 130 valence electrons. The van der Waals surface area contributed by atoms with Gasteiger partial charge >= 0.3 is 0 Å². The highest BCUT2D eigenvalue weighted by atomic mass is 35.5. The summed E-state index contributed by atoms with van der Waals surface area (Å²) < 4.78 is 0. The molecule has 0 aliphatic carbocycles. The monoisotopic (exact) mass is 399 g/mol. The third-order valence-corrected chi connectivity index (χ3v) is 4.04. The quantitative estimate of drug-likeness (QED) is 0.625. The molecule has 5 nitrogen and oxygen atoms in total. The Hall–Kier alpha value is -0.660. The van der Waals surface area contributed by atoms with Gasteiger partial charge in [0.05, 0.1) is 10.6 Å². The van der Waals surface area contributed by atoms with Crippen LogP contribution in [0.5, 0.6) is 0 Å². The van der Waals surface area contributed by atoms with Crippen LogP contribution >= 0.6 is 47.4 Å². The Morgan fingerprint density at radius 1 is 1.35 bits per heavy atom. The van der Waals surface area contributed by atoms with Gasteiger partial charge < -0.3 is 16.4 Å². The lowest BCUT2D eigenvalue weighted by molar-refractivity contribution is -0.122. The second-order valence-electron chi connectivity index (χ2n) is 4.51. The van der Waals surface area contributed by atoms with E-state index < -0.39 is 11.9 Å². The van der Waals surface area contributed by atoms with Crippen molar-refractivity contribution in [2.24, 2.45) is 5.73 Å². The zero-order chi connectivity index (χ0) is 16.5. The molecule has 0 fully saturated rings. The first-order valence-electron chi connectivity index (χ1n) is 6.72. The molecule has 0 saturated carbocycles. The first-order valence-corrected chi connectivity index (χ1v) is 8.87. The molecule has 1 aromatic rings. The Balaban J connectivity index is 0.00000484. The Morgan fingerprint density at radius 3 is 2.61 bits per heavy atom. The molecule has 4 N–H and O–H groups in total. The highest BCUT2D eigenvalue weighted by Crippen LogP contribution is 2.21. The van der Waals surface area contributed by atoms with Gasteiger partial charge in [0.25, 0.3) is 5.91 Å². The van der Waals surface area contributed by atoms with Crippen LogP contribution in [0.3, 0.4) is 0 Å². The van der Waals surface area contributed by atoms with Gasteiger partial charge in [0.2, 0.25) is 5.91 Å². The van der Waals surface area contributed by atoms with E-state index in [1.165, 1.54) is 12.1 Å². The molecular weight excluding hydrogens is 381 g/mol. The summed E-state index contributed by atoms with van der Waals surface area (Å²) in [5, 5.41) is 6.08. The molecule has 1 aromatic carbocycles. The number of halogens is 3. The van der Waals surface area contributed by atoms with E-state index in [2.05, 4.69) is 10.6 Å². The van der Waals surface area contributed by atoms with E-state index >= 15 is 0 Å². The normalized spacial score (nSPS) is 11.3. The summed E-state index contributed by atoms with van der Waals surface area (Å²) in [6.45, 7) is 0.712. The van der Waals surface area contributed by atoms with E-state index in [9.17, 15) is 9.59 Å². The predicted octanol–water partition coefficient (Wildman–Crippen LogP) is 2.34.